The standard InChI is InChI=1S/C27H21NO5/c1-32-19-13-11-18(12-14-19)24-23(26(30)27(31)28(24)16-20-8-5-15-33-20)25(29)22-10-4-7-17-6-2-3-9-21(17)22/h2-15,24,29H,16H2,1H3/b25-23-. The molecule has 1 aliphatic heterocycles. The van der Waals surface area contributed by atoms with E-state index >= 15 is 0 Å². The van der Waals surface area contributed by atoms with Crippen molar-refractivity contribution in [2.75, 3.05) is 7.11 Å². The topological polar surface area (TPSA) is 80.0 Å². The number of Topliss-reactive ketones (excluding diaryl/α,β-unsaturated/α-hetero) is 1. The van der Waals surface area contributed by atoms with E-state index in [1.807, 2.05) is 36.4 Å². The number of carbonyl (C=O) groups is 2. The summed E-state index contributed by atoms with van der Waals surface area (Å²) in [4.78, 5) is 27.8. The minimum absolute atomic E-state index is 0.0491. The molecule has 1 unspecified atom stereocenters. The van der Waals surface area contributed by atoms with Crippen molar-refractivity contribution in [2.24, 2.45) is 0 Å². The number of rotatable bonds is 5. The number of aliphatic hydroxyl groups is 1. The van der Waals surface area contributed by atoms with Crippen LogP contribution in [0.3, 0.4) is 0 Å². The smallest absolute Gasteiger partial charge is 0.296 e. The minimum atomic E-state index is -0.778. The maximum atomic E-state index is 13.2. The number of likely N-dealkylation sites (tertiary alicyclic amines) is 1. The van der Waals surface area contributed by atoms with Gasteiger partial charge in [0.25, 0.3) is 11.7 Å². The molecule has 164 valence electrons. The molecule has 1 N–H and O–H groups in total. The molecule has 1 saturated heterocycles. The number of benzene rings is 3. The Labute approximate surface area is 190 Å². The first-order valence-corrected chi connectivity index (χ1v) is 10.5. The molecular weight excluding hydrogens is 418 g/mol. The second-order valence-electron chi connectivity index (χ2n) is 7.81. The van der Waals surface area contributed by atoms with Gasteiger partial charge in [0.2, 0.25) is 0 Å². The molecule has 4 aromatic rings. The Morgan fingerprint density at radius 1 is 0.970 bits per heavy atom. The third-order valence-electron chi connectivity index (χ3n) is 5.92. The summed E-state index contributed by atoms with van der Waals surface area (Å²) in [5.74, 6) is -0.425. The highest BCUT2D eigenvalue weighted by molar-refractivity contribution is 6.46. The number of furan rings is 1. The van der Waals surface area contributed by atoms with Crippen LogP contribution in [0, 0.1) is 0 Å². The summed E-state index contributed by atoms with van der Waals surface area (Å²) < 4.78 is 10.7. The Morgan fingerprint density at radius 3 is 2.45 bits per heavy atom. The lowest BCUT2D eigenvalue weighted by Gasteiger charge is -2.24. The van der Waals surface area contributed by atoms with Crippen molar-refractivity contribution in [1.29, 1.82) is 0 Å². The van der Waals surface area contributed by atoms with Gasteiger partial charge in [-0.2, -0.15) is 0 Å². The lowest BCUT2D eigenvalue weighted by Crippen LogP contribution is -2.29. The molecule has 0 saturated carbocycles. The monoisotopic (exact) mass is 439 g/mol. The van der Waals surface area contributed by atoms with E-state index in [9.17, 15) is 14.7 Å². The Bertz CT molecular complexity index is 1360. The molecule has 6 heteroatoms. The number of hydrogen-bond donors (Lipinski definition) is 1. The summed E-state index contributed by atoms with van der Waals surface area (Å²) in [6.45, 7) is 0.0978. The lowest BCUT2D eigenvalue weighted by molar-refractivity contribution is -0.140. The molecule has 3 aromatic carbocycles. The third kappa shape index (κ3) is 3.55. The number of carbonyl (C=O) groups excluding carboxylic acids is 2. The zero-order chi connectivity index (χ0) is 22.9. The van der Waals surface area contributed by atoms with Crippen molar-refractivity contribution >= 4 is 28.2 Å². The molecular formula is C27H21NO5. The quantitative estimate of drug-likeness (QED) is 0.267. The van der Waals surface area contributed by atoms with Crippen molar-refractivity contribution in [2.45, 2.75) is 12.6 Å². The number of hydrogen-bond acceptors (Lipinski definition) is 5. The zero-order valence-electron chi connectivity index (χ0n) is 17.9. The summed E-state index contributed by atoms with van der Waals surface area (Å²) >= 11 is 0. The first kappa shape index (κ1) is 20.6. The largest absolute Gasteiger partial charge is 0.507 e. The Balaban J connectivity index is 1.70. The molecule has 6 nitrogen and oxygen atoms in total. The van der Waals surface area contributed by atoms with Crippen LogP contribution >= 0.6 is 0 Å². The van der Waals surface area contributed by atoms with Gasteiger partial charge in [0, 0.05) is 5.56 Å². The summed E-state index contributed by atoms with van der Waals surface area (Å²) in [5, 5.41) is 13.1. The summed E-state index contributed by atoms with van der Waals surface area (Å²) in [5.41, 5.74) is 1.24. The van der Waals surface area contributed by atoms with E-state index in [1.54, 1.807) is 49.6 Å². The van der Waals surface area contributed by atoms with Crippen LogP contribution in [0.15, 0.2) is 95.1 Å². The molecule has 1 atom stereocenters. The number of ether oxygens (including phenoxy) is 1. The molecule has 0 aliphatic carbocycles. The van der Waals surface area contributed by atoms with Gasteiger partial charge in [0.05, 0.1) is 31.5 Å². The number of amides is 1. The van der Waals surface area contributed by atoms with Gasteiger partial charge in [-0.15, -0.1) is 0 Å². The molecule has 1 fully saturated rings. The Hall–Kier alpha value is -4.32. The first-order chi connectivity index (χ1) is 16.1. The van der Waals surface area contributed by atoms with Gasteiger partial charge < -0.3 is 19.2 Å². The number of ketones is 1. The van der Waals surface area contributed by atoms with Crippen molar-refractivity contribution in [3.05, 3.63) is 108 Å². The van der Waals surface area contributed by atoms with Crippen LogP contribution in [-0.4, -0.2) is 28.8 Å². The lowest BCUT2D eigenvalue weighted by atomic mass is 9.93. The van der Waals surface area contributed by atoms with E-state index in [-0.39, 0.29) is 17.9 Å². The van der Waals surface area contributed by atoms with Gasteiger partial charge in [0.1, 0.15) is 17.3 Å². The van der Waals surface area contributed by atoms with Crippen LogP contribution in [0.5, 0.6) is 5.75 Å². The average Bonchev–Trinajstić information content (AvgIpc) is 3.46. The van der Waals surface area contributed by atoms with Gasteiger partial charge >= 0.3 is 0 Å². The fraction of sp³-hybridized carbons (Fsp3) is 0.111. The van der Waals surface area contributed by atoms with Crippen molar-refractivity contribution in [3.63, 3.8) is 0 Å². The molecule has 1 amide bonds. The molecule has 5 rings (SSSR count). The van der Waals surface area contributed by atoms with E-state index in [1.165, 1.54) is 11.2 Å². The summed E-state index contributed by atoms with van der Waals surface area (Å²) in [6.07, 6.45) is 1.52. The number of methoxy groups -OCH3 is 1. The fourth-order valence-electron chi connectivity index (χ4n) is 4.32. The number of fused-ring (bicyclic) bond motifs is 1. The van der Waals surface area contributed by atoms with Crippen LogP contribution < -0.4 is 4.74 Å². The number of nitrogens with zero attached hydrogens (tertiary/aromatic N) is 1. The molecule has 1 aromatic heterocycles. The second-order valence-corrected chi connectivity index (χ2v) is 7.81. The maximum Gasteiger partial charge on any atom is 0.296 e. The van der Waals surface area contributed by atoms with E-state index in [0.29, 0.717) is 22.6 Å². The van der Waals surface area contributed by atoms with Gasteiger partial charge in [-0.1, -0.05) is 54.6 Å². The highest BCUT2D eigenvalue weighted by atomic mass is 16.5. The molecule has 1 aliphatic rings. The maximum absolute atomic E-state index is 13.2. The molecule has 2 heterocycles. The average molecular weight is 439 g/mol. The van der Waals surface area contributed by atoms with E-state index in [0.717, 1.165) is 10.8 Å². The van der Waals surface area contributed by atoms with Crippen molar-refractivity contribution in [3.8, 4) is 5.75 Å². The van der Waals surface area contributed by atoms with Crippen LogP contribution in [0.1, 0.15) is 22.9 Å². The van der Waals surface area contributed by atoms with Crippen LogP contribution in [-0.2, 0) is 16.1 Å². The second kappa shape index (κ2) is 8.31. The van der Waals surface area contributed by atoms with E-state index in [4.69, 9.17) is 9.15 Å². The van der Waals surface area contributed by atoms with Crippen LogP contribution in [0.25, 0.3) is 16.5 Å². The molecule has 33 heavy (non-hydrogen) atoms. The summed E-state index contributed by atoms with van der Waals surface area (Å²) in [7, 11) is 1.57. The van der Waals surface area contributed by atoms with E-state index in [2.05, 4.69) is 0 Å². The normalized spacial score (nSPS) is 17.6. The fourth-order valence-corrected chi connectivity index (χ4v) is 4.32. The van der Waals surface area contributed by atoms with Crippen molar-refractivity contribution < 1.29 is 23.8 Å². The van der Waals surface area contributed by atoms with Crippen LogP contribution in [0.2, 0.25) is 0 Å². The predicted molar refractivity (Wildman–Crippen MR) is 123 cm³/mol. The number of aliphatic hydroxyl groups excluding tert-OH is 1. The third-order valence-corrected chi connectivity index (χ3v) is 5.92. The Kier molecular flexibility index (Phi) is 5.18. The predicted octanol–water partition coefficient (Wildman–Crippen LogP) is 5.06. The SMILES string of the molecule is COc1ccc(C2/C(=C(/O)c3cccc4ccccc34)C(=O)C(=O)N2Cc2ccco2)cc1. The Morgan fingerprint density at radius 2 is 1.73 bits per heavy atom. The first-order valence-electron chi connectivity index (χ1n) is 10.5. The highest BCUT2D eigenvalue weighted by Gasteiger charge is 2.46. The summed E-state index contributed by atoms with van der Waals surface area (Å²) in [6, 6.07) is 22.9. The van der Waals surface area contributed by atoms with Gasteiger partial charge in [0.15, 0.2) is 0 Å². The van der Waals surface area contributed by atoms with Crippen LogP contribution in [0.4, 0.5) is 0 Å². The molecule has 0 bridgehead atoms. The minimum Gasteiger partial charge on any atom is -0.507 e. The van der Waals surface area contributed by atoms with Crippen molar-refractivity contribution in [1.82, 2.24) is 4.90 Å². The van der Waals surface area contributed by atoms with Gasteiger partial charge in [-0.25, -0.2) is 0 Å². The highest BCUT2D eigenvalue weighted by Crippen LogP contribution is 2.41. The molecule has 0 spiro atoms. The zero-order valence-corrected chi connectivity index (χ0v) is 17.9. The van der Waals surface area contributed by atoms with Gasteiger partial charge in [-0.3, -0.25) is 9.59 Å². The van der Waals surface area contributed by atoms with E-state index < -0.39 is 17.7 Å². The van der Waals surface area contributed by atoms with Gasteiger partial charge in [-0.05, 0) is 40.6 Å². The molecule has 0 radical (unpaired) electrons.